The van der Waals surface area contributed by atoms with Crippen LogP contribution in [0.5, 0.6) is 0 Å². The van der Waals surface area contributed by atoms with Gasteiger partial charge in [-0.25, -0.2) is 0 Å². The van der Waals surface area contributed by atoms with Crippen molar-refractivity contribution in [3.8, 4) is 0 Å². The van der Waals surface area contributed by atoms with E-state index in [0.29, 0.717) is 13.2 Å². The summed E-state index contributed by atoms with van der Waals surface area (Å²) in [4.78, 5) is 0. The van der Waals surface area contributed by atoms with Crippen LogP contribution in [0.3, 0.4) is 0 Å². The van der Waals surface area contributed by atoms with Gasteiger partial charge in [0.25, 0.3) is 0 Å². The van der Waals surface area contributed by atoms with E-state index in [9.17, 15) is 5.11 Å². The van der Waals surface area contributed by atoms with E-state index in [1.54, 1.807) is 0 Å². The normalized spacial score (nSPS) is 30.0. The molecule has 1 aliphatic rings. The van der Waals surface area contributed by atoms with Crippen LogP contribution in [0.2, 0.25) is 0 Å². The highest BCUT2D eigenvalue weighted by Gasteiger charge is 2.29. The molecule has 0 aromatic carbocycles. The first-order valence-corrected chi connectivity index (χ1v) is 5.47. The number of β-amino-alcohol motifs (C(OH)–C–C–N with tert-alkyl or cyclic N) is 1. The Bertz CT molecular complexity index is 167. The van der Waals surface area contributed by atoms with Gasteiger partial charge < -0.3 is 15.2 Å². The van der Waals surface area contributed by atoms with Crippen molar-refractivity contribution in [3.05, 3.63) is 0 Å². The van der Waals surface area contributed by atoms with E-state index >= 15 is 0 Å². The molecule has 3 heteroatoms. The Balaban J connectivity index is 2.39. The van der Waals surface area contributed by atoms with Crippen LogP contribution < -0.4 is 5.32 Å². The third kappa shape index (κ3) is 4.40. The number of hydrogen-bond donors (Lipinski definition) is 2. The maximum absolute atomic E-state index is 10.3. The van der Waals surface area contributed by atoms with Gasteiger partial charge in [0.1, 0.15) is 0 Å². The largest absolute Gasteiger partial charge is 0.388 e. The molecule has 2 N–H and O–H groups in total. The third-order valence-corrected chi connectivity index (χ3v) is 2.59. The quantitative estimate of drug-likeness (QED) is 0.707. The molecule has 1 aliphatic heterocycles. The Morgan fingerprint density at radius 1 is 1.29 bits per heavy atom. The molecule has 0 aromatic rings. The molecule has 1 atom stereocenters. The lowest BCUT2D eigenvalue weighted by Gasteiger charge is -2.31. The Morgan fingerprint density at radius 2 is 2.00 bits per heavy atom. The summed E-state index contributed by atoms with van der Waals surface area (Å²) in [6.07, 6.45) is 2.55. The first-order chi connectivity index (χ1) is 6.41. The van der Waals surface area contributed by atoms with Crippen molar-refractivity contribution in [2.45, 2.75) is 51.2 Å². The molecule has 3 nitrogen and oxygen atoms in total. The van der Waals surface area contributed by atoms with Gasteiger partial charge in [-0.15, -0.1) is 0 Å². The van der Waals surface area contributed by atoms with Gasteiger partial charge in [-0.3, -0.25) is 0 Å². The molecule has 84 valence electrons. The highest BCUT2D eigenvalue weighted by molar-refractivity contribution is 4.85. The van der Waals surface area contributed by atoms with Gasteiger partial charge >= 0.3 is 0 Å². The summed E-state index contributed by atoms with van der Waals surface area (Å²) in [6.45, 7) is 8.48. The molecular weight excluding hydrogens is 178 g/mol. The van der Waals surface area contributed by atoms with Crippen LogP contribution in [0, 0.1) is 0 Å². The highest BCUT2D eigenvalue weighted by atomic mass is 16.5. The van der Waals surface area contributed by atoms with Gasteiger partial charge in [-0.1, -0.05) is 0 Å². The van der Waals surface area contributed by atoms with Crippen molar-refractivity contribution in [2.75, 3.05) is 19.8 Å². The number of nitrogens with one attached hydrogen (secondary N) is 1. The smallest absolute Gasteiger partial charge is 0.0794 e. The van der Waals surface area contributed by atoms with E-state index in [2.05, 4.69) is 26.1 Å². The van der Waals surface area contributed by atoms with Crippen LogP contribution in [0.15, 0.2) is 0 Å². The Labute approximate surface area is 86.8 Å². The minimum Gasteiger partial charge on any atom is -0.388 e. The molecule has 1 heterocycles. The molecule has 1 fully saturated rings. The topological polar surface area (TPSA) is 41.5 Å². The zero-order chi connectivity index (χ0) is 10.7. The number of rotatable bonds is 2. The standard InChI is InChI=1S/C11H23NO2/c1-10(2,3)12-9-11(13)5-4-7-14-8-6-11/h12-13H,4-9H2,1-3H3. The van der Waals surface area contributed by atoms with Crippen molar-refractivity contribution in [3.63, 3.8) is 0 Å². The molecular formula is C11H23NO2. The van der Waals surface area contributed by atoms with E-state index in [-0.39, 0.29) is 5.54 Å². The second-order valence-corrected chi connectivity index (χ2v) is 5.29. The predicted octanol–water partition coefficient (Wildman–Crippen LogP) is 1.31. The minimum atomic E-state index is -0.566. The second kappa shape index (κ2) is 4.60. The van der Waals surface area contributed by atoms with Crippen LogP contribution in [-0.2, 0) is 4.74 Å². The van der Waals surface area contributed by atoms with E-state index in [4.69, 9.17) is 4.74 Å². The van der Waals surface area contributed by atoms with Crippen molar-refractivity contribution >= 4 is 0 Å². The number of hydrogen-bond acceptors (Lipinski definition) is 3. The molecule has 0 amide bonds. The van der Waals surface area contributed by atoms with Crippen LogP contribution >= 0.6 is 0 Å². The van der Waals surface area contributed by atoms with Crippen LogP contribution in [0.4, 0.5) is 0 Å². The number of ether oxygens (including phenoxy) is 1. The SMILES string of the molecule is CC(C)(C)NCC1(O)CCCOCC1. The van der Waals surface area contributed by atoms with Crippen molar-refractivity contribution in [2.24, 2.45) is 0 Å². The first kappa shape index (κ1) is 12.0. The molecule has 0 aromatic heterocycles. The molecule has 0 bridgehead atoms. The molecule has 1 saturated heterocycles. The van der Waals surface area contributed by atoms with Crippen molar-refractivity contribution in [1.29, 1.82) is 0 Å². The second-order valence-electron chi connectivity index (χ2n) is 5.29. The van der Waals surface area contributed by atoms with E-state index in [1.807, 2.05) is 0 Å². The third-order valence-electron chi connectivity index (χ3n) is 2.59. The van der Waals surface area contributed by atoms with Gasteiger partial charge in [-0.05, 0) is 33.6 Å². The van der Waals surface area contributed by atoms with Crippen LogP contribution in [-0.4, -0.2) is 36.0 Å². The lowest BCUT2D eigenvalue weighted by Crippen LogP contribution is -2.47. The number of aliphatic hydroxyl groups is 1. The fourth-order valence-corrected chi connectivity index (χ4v) is 1.60. The monoisotopic (exact) mass is 201 g/mol. The average Bonchev–Trinajstić information content (AvgIpc) is 2.27. The summed E-state index contributed by atoms with van der Waals surface area (Å²) in [6, 6.07) is 0. The molecule has 0 saturated carbocycles. The molecule has 0 radical (unpaired) electrons. The highest BCUT2D eigenvalue weighted by Crippen LogP contribution is 2.20. The minimum absolute atomic E-state index is 0.0723. The molecule has 0 spiro atoms. The molecule has 14 heavy (non-hydrogen) atoms. The molecule has 0 aliphatic carbocycles. The maximum Gasteiger partial charge on any atom is 0.0794 e. The zero-order valence-electron chi connectivity index (χ0n) is 9.60. The van der Waals surface area contributed by atoms with E-state index < -0.39 is 5.60 Å². The van der Waals surface area contributed by atoms with Crippen LogP contribution in [0.1, 0.15) is 40.0 Å². The van der Waals surface area contributed by atoms with Crippen molar-refractivity contribution in [1.82, 2.24) is 5.32 Å². The lowest BCUT2D eigenvalue weighted by molar-refractivity contribution is 0.0140. The summed E-state index contributed by atoms with van der Waals surface area (Å²) in [5.74, 6) is 0. The van der Waals surface area contributed by atoms with Crippen molar-refractivity contribution < 1.29 is 9.84 Å². The van der Waals surface area contributed by atoms with Gasteiger partial charge in [0.15, 0.2) is 0 Å². The molecule has 1 unspecified atom stereocenters. The summed E-state index contributed by atoms with van der Waals surface area (Å²) < 4.78 is 5.33. The first-order valence-electron chi connectivity index (χ1n) is 5.47. The van der Waals surface area contributed by atoms with Gasteiger partial charge in [0, 0.05) is 31.7 Å². The summed E-state index contributed by atoms with van der Waals surface area (Å²) in [5, 5.41) is 13.6. The summed E-state index contributed by atoms with van der Waals surface area (Å²) >= 11 is 0. The predicted molar refractivity (Wildman–Crippen MR) is 57.4 cm³/mol. The average molecular weight is 201 g/mol. The van der Waals surface area contributed by atoms with Crippen LogP contribution in [0.25, 0.3) is 0 Å². The Hall–Kier alpha value is -0.120. The fraction of sp³-hybridized carbons (Fsp3) is 1.00. The lowest BCUT2D eigenvalue weighted by atomic mass is 9.93. The Kier molecular flexibility index (Phi) is 3.93. The van der Waals surface area contributed by atoms with Gasteiger partial charge in [0.05, 0.1) is 5.60 Å². The Morgan fingerprint density at radius 3 is 2.64 bits per heavy atom. The van der Waals surface area contributed by atoms with Gasteiger partial charge in [-0.2, -0.15) is 0 Å². The summed E-state index contributed by atoms with van der Waals surface area (Å²) in [5.41, 5.74) is -0.493. The molecule has 1 rings (SSSR count). The maximum atomic E-state index is 10.3. The zero-order valence-corrected chi connectivity index (χ0v) is 9.60. The van der Waals surface area contributed by atoms with E-state index in [0.717, 1.165) is 25.9 Å². The summed E-state index contributed by atoms with van der Waals surface area (Å²) in [7, 11) is 0. The van der Waals surface area contributed by atoms with E-state index in [1.165, 1.54) is 0 Å². The van der Waals surface area contributed by atoms with Gasteiger partial charge in [0.2, 0.25) is 0 Å². The fourth-order valence-electron chi connectivity index (χ4n) is 1.60.